The second kappa shape index (κ2) is 5.38. The normalized spacial score (nSPS) is 24.8. The van der Waals surface area contributed by atoms with Crippen LogP contribution in [0.1, 0.15) is 18.4 Å². The van der Waals surface area contributed by atoms with Crippen molar-refractivity contribution < 1.29 is 20.1 Å². The van der Waals surface area contributed by atoms with E-state index < -0.39 is 18.1 Å². The van der Waals surface area contributed by atoms with E-state index in [1.54, 1.807) is 4.90 Å². The molecule has 2 unspecified atom stereocenters. The van der Waals surface area contributed by atoms with Crippen LogP contribution in [0.5, 0.6) is 0 Å². The number of benzene rings is 1. The third-order valence-electron chi connectivity index (χ3n) is 4.12. The molecule has 0 aliphatic carbocycles. The molecule has 2 aliphatic heterocycles. The molecule has 0 spiro atoms. The predicted molar refractivity (Wildman–Crippen MR) is 76.5 cm³/mol. The van der Waals surface area contributed by atoms with Gasteiger partial charge in [-0.1, -0.05) is 18.2 Å². The monoisotopic (exact) mass is 290 g/mol. The van der Waals surface area contributed by atoms with E-state index in [1.165, 1.54) is 0 Å². The Morgan fingerprint density at radius 1 is 1.33 bits per heavy atom. The Labute approximate surface area is 122 Å². The maximum absolute atomic E-state index is 11.3. The van der Waals surface area contributed by atoms with E-state index in [4.69, 9.17) is 0 Å². The molecular weight excluding hydrogens is 272 g/mol. The van der Waals surface area contributed by atoms with Crippen LogP contribution in [-0.2, 0) is 11.2 Å². The predicted octanol–water partition coefficient (Wildman–Crippen LogP) is 0.408. The number of aliphatic carboxylic acids is 1. The molecule has 3 rings (SSSR count). The minimum Gasteiger partial charge on any atom is -0.480 e. The largest absolute Gasteiger partial charge is 0.480 e. The fraction of sp³-hybridized carbons (Fsp3) is 0.400. The van der Waals surface area contributed by atoms with Gasteiger partial charge in [0.1, 0.15) is 18.6 Å². The molecule has 0 amide bonds. The van der Waals surface area contributed by atoms with Crippen molar-refractivity contribution in [1.29, 1.82) is 0 Å². The number of aliphatic hydroxyl groups is 2. The number of aliphatic hydroxyl groups excluding tert-OH is 2. The van der Waals surface area contributed by atoms with Crippen LogP contribution in [0, 0.1) is 0 Å². The second-order valence-corrected chi connectivity index (χ2v) is 5.38. The van der Waals surface area contributed by atoms with Crippen LogP contribution >= 0.6 is 0 Å². The SMILES string of the molecule is O=C(O)C1CCC(O)C2=C(N1)N(CO)c1ccccc1C2. The molecule has 6 nitrogen and oxygen atoms in total. The summed E-state index contributed by atoms with van der Waals surface area (Å²) in [6, 6.07) is 6.86. The smallest absolute Gasteiger partial charge is 0.326 e. The van der Waals surface area contributed by atoms with Crippen LogP contribution in [0.25, 0.3) is 0 Å². The zero-order chi connectivity index (χ0) is 15.0. The number of nitrogens with zero attached hydrogens (tertiary/aromatic N) is 1. The molecule has 21 heavy (non-hydrogen) atoms. The van der Waals surface area contributed by atoms with Gasteiger partial charge in [-0.3, -0.25) is 0 Å². The van der Waals surface area contributed by atoms with Crippen molar-refractivity contribution in [1.82, 2.24) is 5.32 Å². The van der Waals surface area contributed by atoms with E-state index in [1.807, 2.05) is 24.3 Å². The van der Waals surface area contributed by atoms with Gasteiger partial charge >= 0.3 is 5.97 Å². The van der Waals surface area contributed by atoms with Crippen molar-refractivity contribution >= 4 is 11.7 Å². The first kappa shape index (κ1) is 13.9. The van der Waals surface area contributed by atoms with Crippen molar-refractivity contribution in [3.05, 3.63) is 41.2 Å². The summed E-state index contributed by atoms with van der Waals surface area (Å²) >= 11 is 0. The first-order chi connectivity index (χ1) is 10.1. The Balaban J connectivity index is 2.05. The number of hydrogen-bond donors (Lipinski definition) is 4. The van der Waals surface area contributed by atoms with Gasteiger partial charge in [-0.15, -0.1) is 0 Å². The standard InChI is InChI=1S/C15H18N2O4/c18-8-17-12-4-2-1-3-9(12)7-10-13(19)6-5-11(15(20)21)16-14(10)17/h1-4,11,13,16,18-19H,5-8H2,(H,20,21). The number of rotatable bonds is 2. The Morgan fingerprint density at radius 2 is 2.10 bits per heavy atom. The third-order valence-corrected chi connectivity index (χ3v) is 4.12. The minimum atomic E-state index is -0.951. The number of fused-ring (bicyclic) bond motifs is 1. The van der Waals surface area contributed by atoms with Crippen LogP contribution in [0.15, 0.2) is 35.7 Å². The van der Waals surface area contributed by atoms with Gasteiger partial charge in [0.2, 0.25) is 0 Å². The lowest BCUT2D eigenvalue weighted by atomic mass is 9.93. The molecule has 6 heteroatoms. The number of carboxylic acid groups (broad SMARTS) is 1. The van der Waals surface area contributed by atoms with Crippen LogP contribution in [0.3, 0.4) is 0 Å². The fourth-order valence-corrected chi connectivity index (χ4v) is 3.02. The van der Waals surface area contributed by atoms with E-state index in [2.05, 4.69) is 5.32 Å². The second-order valence-electron chi connectivity index (χ2n) is 5.38. The van der Waals surface area contributed by atoms with Gasteiger partial charge in [0, 0.05) is 17.7 Å². The number of para-hydroxylation sites is 1. The highest BCUT2D eigenvalue weighted by atomic mass is 16.4. The molecule has 0 saturated carbocycles. The van der Waals surface area contributed by atoms with E-state index in [-0.39, 0.29) is 6.73 Å². The number of nitrogens with one attached hydrogen (secondary N) is 1. The first-order valence-electron chi connectivity index (χ1n) is 6.98. The van der Waals surface area contributed by atoms with Gasteiger partial charge in [0.15, 0.2) is 0 Å². The summed E-state index contributed by atoms with van der Waals surface area (Å²) in [4.78, 5) is 12.9. The van der Waals surface area contributed by atoms with Crippen molar-refractivity contribution in [3.8, 4) is 0 Å². The lowest BCUT2D eigenvalue weighted by molar-refractivity contribution is -0.139. The average molecular weight is 290 g/mol. The maximum Gasteiger partial charge on any atom is 0.326 e. The van der Waals surface area contributed by atoms with Crippen molar-refractivity contribution in [2.75, 3.05) is 11.6 Å². The molecule has 0 fully saturated rings. The molecule has 1 aromatic carbocycles. The highest BCUT2D eigenvalue weighted by Gasteiger charge is 2.34. The Hall–Kier alpha value is -2.05. The summed E-state index contributed by atoms with van der Waals surface area (Å²) in [7, 11) is 0. The zero-order valence-electron chi connectivity index (χ0n) is 11.5. The molecule has 2 atom stereocenters. The number of hydrogen-bond acceptors (Lipinski definition) is 5. The molecule has 2 aliphatic rings. The Kier molecular flexibility index (Phi) is 3.57. The summed E-state index contributed by atoms with van der Waals surface area (Å²) in [6.07, 6.45) is 0.602. The molecule has 0 aromatic heterocycles. The highest BCUT2D eigenvalue weighted by Crippen LogP contribution is 2.35. The van der Waals surface area contributed by atoms with Gasteiger partial charge in [0.05, 0.1) is 6.10 Å². The van der Waals surface area contributed by atoms with E-state index in [0.29, 0.717) is 25.1 Å². The van der Waals surface area contributed by atoms with Gasteiger partial charge in [-0.05, 0) is 24.5 Å². The minimum absolute atomic E-state index is 0.276. The van der Waals surface area contributed by atoms with Crippen molar-refractivity contribution in [2.45, 2.75) is 31.4 Å². The van der Waals surface area contributed by atoms with E-state index >= 15 is 0 Å². The number of anilines is 1. The average Bonchev–Trinajstić information content (AvgIpc) is 2.65. The fourth-order valence-electron chi connectivity index (χ4n) is 3.02. The van der Waals surface area contributed by atoms with Crippen LogP contribution in [0.4, 0.5) is 5.69 Å². The molecular formula is C15H18N2O4. The topological polar surface area (TPSA) is 93.0 Å². The summed E-state index contributed by atoms with van der Waals surface area (Å²) in [5.74, 6) is -0.429. The molecule has 0 saturated heterocycles. The zero-order valence-corrected chi connectivity index (χ0v) is 11.5. The van der Waals surface area contributed by atoms with E-state index in [0.717, 1.165) is 16.8 Å². The maximum atomic E-state index is 11.3. The van der Waals surface area contributed by atoms with Gasteiger partial charge in [-0.2, -0.15) is 0 Å². The lowest BCUT2D eigenvalue weighted by Gasteiger charge is -2.35. The first-order valence-corrected chi connectivity index (χ1v) is 6.98. The summed E-state index contributed by atoms with van der Waals surface area (Å²) in [5, 5.41) is 32.2. The summed E-state index contributed by atoms with van der Waals surface area (Å²) in [5.41, 5.74) is 2.59. The van der Waals surface area contributed by atoms with Crippen LogP contribution in [-0.4, -0.2) is 40.2 Å². The quantitative estimate of drug-likeness (QED) is 0.630. The third kappa shape index (κ3) is 2.36. The number of carbonyl (C=O) groups is 1. The van der Waals surface area contributed by atoms with Gasteiger partial charge in [0.25, 0.3) is 0 Å². The number of carboxylic acids is 1. The molecule has 4 N–H and O–H groups in total. The van der Waals surface area contributed by atoms with Crippen molar-refractivity contribution in [2.24, 2.45) is 0 Å². The van der Waals surface area contributed by atoms with E-state index in [9.17, 15) is 20.1 Å². The van der Waals surface area contributed by atoms with Gasteiger partial charge < -0.3 is 25.5 Å². The lowest BCUT2D eigenvalue weighted by Crippen LogP contribution is -2.44. The molecule has 1 aromatic rings. The molecule has 0 bridgehead atoms. The Bertz CT molecular complexity index is 599. The molecule has 112 valence electrons. The summed E-state index contributed by atoms with van der Waals surface area (Å²) < 4.78 is 0. The van der Waals surface area contributed by atoms with Gasteiger partial charge in [-0.25, -0.2) is 4.79 Å². The highest BCUT2D eigenvalue weighted by molar-refractivity contribution is 5.74. The van der Waals surface area contributed by atoms with Crippen LogP contribution in [0.2, 0.25) is 0 Å². The summed E-state index contributed by atoms with van der Waals surface area (Å²) in [6.45, 7) is -0.276. The van der Waals surface area contributed by atoms with Crippen LogP contribution < -0.4 is 10.2 Å². The van der Waals surface area contributed by atoms with Crippen molar-refractivity contribution in [3.63, 3.8) is 0 Å². The molecule has 0 radical (unpaired) electrons. The molecule has 2 heterocycles. The Morgan fingerprint density at radius 3 is 2.81 bits per heavy atom.